The van der Waals surface area contributed by atoms with Crippen molar-refractivity contribution in [1.29, 1.82) is 0 Å². The molecule has 8 aromatic carbocycles. The minimum absolute atomic E-state index is 0.582. The molecule has 1 heterocycles. The van der Waals surface area contributed by atoms with Crippen molar-refractivity contribution < 1.29 is 0 Å². The van der Waals surface area contributed by atoms with Crippen molar-refractivity contribution in [3.8, 4) is 67.5 Å². The Labute approximate surface area is 350 Å². The lowest BCUT2D eigenvalue weighted by Crippen LogP contribution is -2.27. The summed E-state index contributed by atoms with van der Waals surface area (Å²) in [5.41, 5.74) is 15.2. The minimum Gasteiger partial charge on any atom is -0.208 e. The molecule has 0 fully saturated rings. The number of benzene rings is 8. The number of allylic oxidation sites excluding steroid dienone is 1. The molecule has 1 aromatic heterocycles. The summed E-state index contributed by atoms with van der Waals surface area (Å²) < 4.78 is 0. The molecular formula is C57H39N3. The van der Waals surface area contributed by atoms with Crippen LogP contribution in [-0.2, 0) is 0 Å². The van der Waals surface area contributed by atoms with Gasteiger partial charge in [-0.25, -0.2) is 15.0 Å². The molecule has 0 atom stereocenters. The summed E-state index contributed by atoms with van der Waals surface area (Å²) in [5, 5.41) is 4.80. The van der Waals surface area contributed by atoms with E-state index >= 15 is 0 Å². The van der Waals surface area contributed by atoms with Crippen molar-refractivity contribution in [2.24, 2.45) is 0 Å². The first kappa shape index (κ1) is 36.3. The van der Waals surface area contributed by atoms with Gasteiger partial charge in [0.25, 0.3) is 0 Å². The van der Waals surface area contributed by atoms with Crippen LogP contribution in [-0.4, -0.2) is 15.0 Å². The van der Waals surface area contributed by atoms with Crippen molar-refractivity contribution in [2.75, 3.05) is 0 Å². The summed E-state index contributed by atoms with van der Waals surface area (Å²) in [6, 6.07) is 61.9. The molecule has 9 aromatic rings. The van der Waals surface area contributed by atoms with E-state index in [0.29, 0.717) is 17.5 Å². The average Bonchev–Trinajstić information content (AvgIpc) is 3.71. The highest BCUT2D eigenvalue weighted by atomic mass is 15.0. The van der Waals surface area contributed by atoms with Crippen LogP contribution in [0.4, 0.5) is 0 Å². The van der Waals surface area contributed by atoms with E-state index in [1.807, 2.05) is 66.8 Å². The van der Waals surface area contributed by atoms with Crippen molar-refractivity contribution in [1.82, 2.24) is 15.0 Å². The third-order valence-corrected chi connectivity index (χ3v) is 11.5. The predicted molar refractivity (Wildman–Crippen MR) is 252 cm³/mol. The number of nitrogens with zero attached hydrogens (tertiary/aromatic N) is 3. The fourth-order valence-electron chi connectivity index (χ4n) is 8.47. The molecule has 3 heteroatoms. The maximum absolute atomic E-state index is 5.06. The van der Waals surface area contributed by atoms with Crippen LogP contribution in [0.3, 0.4) is 0 Å². The zero-order chi connectivity index (χ0) is 40.6. The van der Waals surface area contributed by atoms with E-state index in [4.69, 9.17) is 15.0 Å². The Hall–Kier alpha value is -8.01. The maximum Gasteiger partial charge on any atom is 0.164 e. The average molecular weight is 766 g/mol. The van der Waals surface area contributed by atoms with Crippen LogP contribution in [0.1, 0.15) is 22.3 Å². The van der Waals surface area contributed by atoms with Crippen LogP contribution < -0.4 is 10.4 Å². The van der Waals surface area contributed by atoms with E-state index < -0.39 is 0 Å². The van der Waals surface area contributed by atoms with Gasteiger partial charge in [-0.1, -0.05) is 202 Å². The van der Waals surface area contributed by atoms with Gasteiger partial charge >= 0.3 is 0 Å². The smallest absolute Gasteiger partial charge is 0.164 e. The van der Waals surface area contributed by atoms with Gasteiger partial charge in [-0.15, -0.1) is 0 Å². The monoisotopic (exact) mass is 765 g/mol. The first-order valence-corrected chi connectivity index (χ1v) is 20.1. The Bertz CT molecular complexity index is 3290. The fourth-order valence-corrected chi connectivity index (χ4v) is 8.47. The second kappa shape index (κ2) is 15.4. The summed E-state index contributed by atoms with van der Waals surface area (Å²) in [6.45, 7) is 12.4. The lowest BCUT2D eigenvalue weighted by Gasteiger charge is -2.15. The van der Waals surface area contributed by atoms with E-state index in [9.17, 15) is 0 Å². The molecule has 0 radical (unpaired) electrons. The molecule has 10 rings (SSSR count). The summed E-state index contributed by atoms with van der Waals surface area (Å²) in [5.74, 6) is 1.78. The molecule has 0 unspecified atom stereocenters. The summed E-state index contributed by atoms with van der Waals surface area (Å²) in [7, 11) is 0. The number of fused-ring (bicyclic) bond motifs is 4. The van der Waals surface area contributed by atoms with Gasteiger partial charge in [0, 0.05) is 16.7 Å². The van der Waals surface area contributed by atoms with Crippen molar-refractivity contribution in [3.63, 3.8) is 0 Å². The van der Waals surface area contributed by atoms with E-state index in [-0.39, 0.29) is 0 Å². The topological polar surface area (TPSA) is 38.7 Å². The van der Waals surface area contributed by atoms with Gasteiger partial charge in [0.2, 0.25) is 0 Å². The van der Waals surface area contributed by atoms with Crippen LogP contribution in [0.15, 0.2) is 202 Å². The van der Waals surface area contributed by atoms with Crippen LogP contribution in [0.2, 0.25) is 0 Å². The molecule has 282 valence electrons. The van der Waals surface area contributed by atoms with Crippen LogP contribution in [0, 0.1) is 0 Å². The Balaban J connectivity index is 1.06. The molecule has 0 saturated heterocycles. The first-order chi connectivity index (χ1) is 29.6. The highest BCUT2D eigenvalue weighted by Crippen LogP contribution is 2.38. The second-order valence-electron chi connectivity index (χ2n) is 14.9. The third kappa shape index (κ3) is 6.49. The van der Waals surface area contributed by atoms with Crippen LogP contribution in [0.25, 0.3) is 102 Å². The molecule has 60 heavy (non-hydrogen) atoms. The zero-order valence-electron chi connectivity index (χ0n) is 33.0. The van der Waals surface area contributed by atoms with Crippen molar-refractivity contribution in [3.05, 3.63) is 234 Å². The molecule has 1 aliphatic carbocycles. The zero-order valence-corrected chi connectivity index (χ0v) is 33.0. The largest absolute Gasteiger partial charge is 0.208 e. The fraction of sp³-hybridized carbons (Fsp3) is 0. The van der Waals surface area contributed by atoms with E-state index in [1.165, 1.54) is 37.9 Å². The van der Waals surface area contributed by atoms with Gasteiger partial charge in [0.05, 0.1) is 0 Å². The molecule has 3 nitrogen and oxygen atoms in total. The van der Waals surface area contributed by atoms with Crippen molar-refractivity contribution in [2.45, 2.75) is 0 Å². The molecule has 0 N–H and O–H groups in total. The minimum atomic E-state index is 0.582. The lowest BCUT2D eigenvalue weighted by molar-refractivity contribution is 1.07. The van der Waals surface area contributed by atoms with Crippen LogP contribution in [0.5, 0.6) is 0 Å². The highest BCUT2D eigenvalue weighted by molar-refractivity contribution is 5.97. The maximum atomic E-state index is 5.06. The lowest BCUT2D eigenvalue weighted by atomic mass is 9.90. The molecule has 0 aliphatic heterocycles. The summed E-state index contributed by atoms with van der Waals surface area (Å²) in [4.78, 5) is 15.0. The standard InChI is InChI=1S/C57H39N3/c1-4-37-21-14-25-51(46(37)5-2)57-59-55(41-16-8-7-9-17-41)58-56(60-57)42-32-30-40(31-33-42)53-35-44-19-11-10-18-43(44)34-52(53)39-28-26-38(27-29-39)47(6-3)49-23-15-24-50-48-22-13-12-20-45(48)36-54(49)50/h4-36H,1-3H2/b49-47+. The molecule has 0 bridgehead atoms. The Kier molecular flexibility index (Phi) is 9.32. The van der Waals surface area contributed by atoms with E-state index in [0.717, 1.165) is 61.2 Å². The first-order valence-electron chi connectivity index (χ1n) is 20.1. The molecule has 1 aliphatic rings. The molecule has 0 saturated carbocycles. The summed E-state index contributed by atoms with van der Waals surface area (Å²) in [6.07, 6.45) is 7.96. The van der Waals surface area contributed by atoms with E-state index in [2.05, 4.69) is 153 Å². The molecule has 0 amide bonds. The Morgan fingerprint density at radius 1 is 0.417 bits per heavy atom. The number of hydrogen-bond donors (Lipinski definition) is 0. The predicted octanol–water partition coefficient (Wildman–Crippen LogP) is 12.8. The summed E-state index contributed by atoms with van der Waals surface area (Å²) >= 11 is 0. The normalized spacial score (nSPS) is 11.9. The van der Waals surface area contributed by atoms with Gasteiger partial charge in [-0.3, -0.25) is 0 Å². The Morgan fingerprint density at radius 2 is 0.967 bits per heavy atom. The quantitative estimate of drug-likeness (QED) is 0.147. The van der Waals surface area contributed by atoms with Gasteiger partial charge < -0.3 is 0 Å². The second-order valence-corrected chi connectivity index (χ2v) is 14.9. The van der Waals surface area contributed by atoms with Gasteiger partial charge in [0.15, 0.2) is 17.5 Å². The van der Waals surface area contributed by atoms with Gasteiger partial charge in [-0.2, -0.15) is 0 Å². The Morgan fingerprint density at radius 3 is 1.63 bits per heavy atom. The van der Waals surface area contributed by atoms with Gasteiger partial charge in [-0.05, 0) is 101 Å². The molecule has 0 spiro atoms. The SMILES string of the molecule is C=C/C(c1ccc(-c2cc3ccccc3cc2-c2ccc(-c3nc(-c4ccccc4)nc(-c4cccc(C=C)c4C=C)n3)cc2)cc1)=c1/cccc2c1=Cc1ccccc1-2. The number of rotatable bonds is 9. The number of hydrogen-bond acceptors (Lipinski definition) is 3. The van der Waals surface area contributed by atoms with Crippen LogP contribution >= 0.6 is 0 Å². The van der Waals surface area contributed by atoms with E-state index in [1.54, 1.807) is 0 Å². The van der Waals surface area contributed by atoms with Crippen molar-refractivity contribution >= 4 is 34.6 Å². The number of aromatic nitrogens is 3. The third-order valence-electron chi connectivity index (χ3n) is 11.5. The highest BCUT2D eigenvalue weighted by Gasteiger charge is 2.17. The van der Waals surface area contributed by atoms with Gasteiger partial charge in [0.1, 0.15) is 0 Å². The molecular weight excluding hydrogens is 727 g/mol.